The molecule has 1 amide bonds. The number of amides is 1. The van der Waals surface area contributed by atoms with Crippen LogP contribution in [0.15, 0.2) is 28.7 Å². The second-order valence-electron chi connectivity index (χ2n) is 5.30. The van der Waals surface area contributed by atoms with Crippen LogP contribution in [0.25, 0.3) is 0 Å². The maximum Gasteiger partial charge on any atom is 0.222 e. The van der Waals surface area contributed by atoms with E-state index in [2.05, 4.69) is 22.0 Å². The van der Waals surface area contributed by atoms with Gasteiger partial charge in [-0.2, -0.15) is 0 Å². The number of aliphatic hydroxyl groups excluding tert-OH is 1. The molecule has 0 aromatic heterocycles. The molecule has 1 aromatic rings. The van der Waals surface area contributed by atoms with Crippen molar-refractivity contribution >= 4 is 21.8 Å². The summed E-state index contributed by atoms with van der Waals surface area (Å²) in [6, 6.07) is 8.07. The number of benzene rings is 1. The van der Waals surface area contributed by atoms with Crippen LogP contribution in [0.3, 0.4) is 0 Å². The SMILES string of the molecule is CC1CN(C(=O)CCc2cccc(Br)c2)CCC1O. The van der Waals surface area contributed by atoms with E-state index in [1.54, 1.807) is 0 Å². The third-order valence-electron chi connectivity index (χ3n) is 3.73. The molecule has 2 rings (SSSR count). The fourth-order valence-corrected chi connectivity index (χ4v) is 2.91. The van der Waals surface area contributed by atoms with Gasteiger partial charge in [-0.25, -0.2) is 0 Å². The molecule has 1 N–H and O–H groups in total. The number of carbonyl (C=O) groups excluding carboxylic acids is 1. The van der Waals surface area contributed by atoms with E-state index in [0.29, 0.717) is 25.9 Å². The zero-order valence-electron chi connectivity index (χ0n) is 11.2. The highest BCUT2D eigenvalue weighted by Crippen LogP contribution is 2.18. The molecule has 0 radical (unpaired) electrons. The lowest BCUT2D eigenvalue weighted by atomic mass is 9.96. The molecular weight excluding hydrogens is 306 g/mol. The normalized spacial score (nSPS) is 23.4. The van der Waals surface area contributed by atoms with E-state index >= 15 is 0 Å². The molecule has 1 aromatic carbocycles. The van der Waals surface area contributed by atoms with Crippen LogP contribution in [0.4, 0.5) is 0 Å². The molecule has 1 fully saturated rings. The standard InChI is InChI=1S/C15H20BrNO2/c1-11-10-17(8-7-14(11)18)15(19)6-5-12-3-2-4-13(16)9-12/h2-4,9,11,14,18H,5-8,10H2,1H3. The Morgan fingerprint density at radius 3 is 3.00 bits per heavy atom. The highest BCUT2D eigenvalue weighted by Gasteiger charge is 2.26. The third kappa shape index (κ3) is 4.05. The Hall–Kier alpha value is -0.870. The monoisotopic (exact) mass is 325 g/mol. The number of hydrogen-bond acceptors (Lipinski definition) is 2. The van der Waals surface area contributed by atoms with E-state index in [-0.39, 0.29) is 17.9 Å². The largest absolute Gasteiger partial charge is 0.393 e. The summed E-state index contributed by atoms with van der Waals surface area (Å²) in [5.41, 5.74) is 1.17. The summed E-state index contributed by atoms with van der Waals surface area (Å²) in [5, 5.41) is 9.67. The van der Waals surface area contributed by atoms with Gasteiger partial charge in [-0.15, -0.1) is 0 Å². The van der Waals surface area contributed by atoms with Crippen molar-refractivity contribution in [3.8, 4) is 0 Å². The molecule has 1 heterocycles. The van der Waals surface area contributed by atoms with Crippen LogP contribution in [0.1, 0.15) is 25.3 Å². The van der Waals surface area contributed by atoms with Gasteiger partial charge in [-0.1, -0.05) is 35.0 Å². The average molecular weight is 326 g/mol. The molecule has 0 saturated carbocycles. The first-order chi connectivity index (χ1) is 9.06. The van der Waals surface area contributed by atoms with Crippen LogP contribution in [0.5, 0.6) is 0 Å². The summed E-state index contributed by atoms with van der Waals surface area (Å²) < 4.78 is 1.05. The van der Waals surface area contributed by atoms with Gasteiger partial charge in [0.2, 0.25) is 5.91 Å². The number of nitrogens with zero attached hydrogens (tertiary/aromatic N) is 1. The number of likely N-dealkylation sites (tertiary alicyclic amines) is 1. The number of aryl methyl sites for hydroxylation is 1. The van der Waals surface area contributed by atoms with E-state index in [1.807, 2.05) is 30.0 Å². The first kappa shape index (κ1) is 14.5. The van der Waals surface area contributed by atoms with Crippen molar-refractivity contribution in [3.05, 3.63) is 34.3 Å². The quantitative estimate of drug-likeness (QED) is 0.928. The summed E-state index contributed by atoms with van der Waals surface area (Å²) in [5.74, 6) is 0.377. The Labute approximate surface area is 122 Å². The van der Waals surface area contributed by atoms with E-state index in [9.17, 15) is 9.90 Å². The van der Waals surface area contributed by atoms with Crippen molar-refractivity contribution in [1.82, 2.24) is 4.90 Å². The molecule has 104 valence electrons. The Bertz CT molecular complexity index is 450. The van der Waals surface area contributed by atoms with Crippen molar-refractivity contribution in [2.45, 2.75) is 32.3 Å². The van der Waals surface area contributed by atoms with Gasteiger partial charge in [0.15, 0.2) is 0 Å². The smallest absolute Gasteiger partial charge is 0.222 e. The van der Waals surface area contributed by atoms with Crippen molar-refractivity contribution in [2.75, 3.05) is 13.1 Å². The molecular formula is C15H20BrNO2. The van der Waals surface area contributed by atoms with Crippen LogP contribution >= 0.6 is 15.9 Å². The fraction of sp³-hybridized carbons (Fsp3) is 0.533. The predicted octanol–water partition coefficient (Wildman–Crippen LogP) is 2.61. The predicted molar refractivity (Wildman–Crippen MR) is 78.8 cm³/mol. The van der Waals surface area contributed by atoms with Gasteiger partial charge in [0.25, 0.3) is 0 Å². The minimum Gasteiger partial charge on any atom is -0.393 e. The highest BCUT2D eigenvalue weighted by molar-refractivity contribution is 9.10. The zero-order chi connectivity index (χ0) is 13.8. The molecule has 2 atom stereocenters. The summed E-state index contributed by atoms with van der Waals surface area (Å²) in [6.45, 7) is 3.36. The Balaban J connectivity index is 1.84. The first-order valence-corrected chi connectivity index (χ1v) is 7.56. The van der Waals surface area contributed by atoms with Crippen LogP contribution in [0, 0.1) is 5.92 Å². The summed E-state index contributed by atoms with van der Waals surface area (Å²) >= 11 is 3.44. The Morgan fingerprint density at radius 1 is 1.53 bits per heavy atom. The molecule has 4 heteroatoms. The summed E-state index contributed by atoms with van der Waals surface area (Å²) in [7, 11) is 0. The minimum atomic E-state index is -0.255. The third-order valence-corrected chi connectivity index (χ3v) is 4.22. The van der Waals surface area contributed by atoms with Gasteiger partial charge < -0.3 is 10.0 Å². The second-order valence-corrected chi connectivity index (χ2v) is 6.22. The Kier molecular flexibility index (Phi) is 4.99. The first-order valence-electron chi connectivity index (χ1n) is 6.76. The van der Waals surface area contributed by atoms with Gasteiger partial charge in [-0.3, -0.25) is 4.79 Å². The highest BCUT2D eigenvalue weighted by atomic mass is 79.9. The lowest BCUT2D eigenvalue weighted by molar-refractivity contribution is -0.134. The van der Waals surface area contributed by atoms with Gasteiger partial charge in [0.1, 0.15) is 0 Å². The molecule has 0 spiro atoms. The molecule has 1 aliphatic rings. The summed E-state index contributed by atoms with van der Waals surface area (Å²) in [4.78, 5) is 14.0. The van der Waals surface area contributed by atoms with Crippen molar-refractivity contribution in [3.63, 3.8) is 0 Å². The lowest BCUT2D eigenvalue weighted by Crippen LogP contribution is -2.45. The van der Waals surface area contributed by atoms with Crippen molar-refractivity contribution < 1.29 is 9.90 Å². The number of hydrogen-bond donors (Lipinski definition) is 1. The van der Waals surface area contributed by atoms with Crippen LogP contribution in [-0.2, 0) is 11.2 Å². The minimum absolute atomic E-state index is 0.184. The van der Waals surface area contributed by atoms with Gasteiger partial charge in [0, 0.05) is 24.0 Å². The fourth-order valence-electron chi connectivity index (χ4n) is 2.46. The van der Waals surface area contributed by atoms with Crippen molar-refractivity contribution in [1.29, 1.82) is 0 Å². The lowest BCUT2D eigenvalue weighted by Gasteiger charge is -2.34. The van der Waals surface area contributed by atoms with Gasteiger partial charge >= 0.3 is 0 Å². The average Bonchev–Trinajstić information content (AvgIpc) is 2.39. The topological polar surface area (TPSA) is 40.5 Å². The Morgan fingerprint density at radius 2 is 2.32 bits per heavy atom. The van der Waals surface area contributed by atoms with E-state index in [1.165, 1.54) is 5.56 Å². The molecule has 1 aliphatic heterocycles. The molecule has 0 aliphatic carbocycles. The second kappa shape index (κ2) is 6.53. The zero-order valence-corrected chi connectivity index (χ0v) is 12.8. The maximum absolute atomic E-state index is 12.1. The number of halogens is 1. The molecule has 19 heavy (non-hydrogen) atoms. The molecule has 1 saturated heterocycles. The van der Waals surface area contributed by atoms with E-state index < -0.39 is 0 Å². The van der Waals surface area contributed by atoms with Gasteiger partial charge in [0.05, 0.1) is 6.10 Å². The summed E-state index contributed by atoms with van der Waals surface area (Å²) in [6.07, 6.45) is 1.75. The number of carbonyl (C=O) groups is 1. The van der Waals surface area contributed by atoms with Crippen LogP contribution in [-0.4, -0.2) is 35.1 Å². The number of rotatable bonds is 3. The molecule has 2 unspecified atom stereocenters. The van der Waals surface area contributed by atoms with Crippen LogP contribution < -0.4 is 0 Å². The van der Waals surface area contributed by atoms with Crippen LogP contribution in [0.2, 0.25) is 0 Å². The van der Waals surface area contributed by atoms with E-state index in [0.717, 1.165) is 10.9 Å². The molecule has 3 nitrogen and oxygen atoms in total. The molecule has 0 bridgehead atoms. The number of piperidine rings is 1. The van der Waals surface area contributed by atoms with E-state index in [4.69, 9.17) is 0 Å². The number of aliphatic hydroxyl groups is 1. The van der Waals surface area contributed by atoms with Crippen molar-refractivity contribution in [2.24, 2.45) is 5.92 Å². The van der Waals surface area contributed by atoms with Gasteiger partial charge in [-0.05, 0) is 36.5 Å². The maximum atomic E-state index is 12.1.